The summed E-state index contributed by atoms with van der Waals surface area (Å²) in [5.41, 5.74) is 6.79. The minimum atomic E-state index is -0.280. The maximum Gasteiger partial charge on any atom is 0.238 e. The molecule has 0 spiro atoms. The third kappa shape index (κ3) is 2.60. The standard InChI is InChI=1S/C13H12ClFN2O/c1-8-6-10(2-3-11(8)15)18-13-12(14)9(7-16)4-5-17-13/h2-6H,7,16H2,1H3. The summed E-state index contributed by atoms with van der Waals surface area (Å²) in [6.07, 6.45) is 1.57. The van der Waals surface area contributed by atoms with E-state index in [0.717, 1.165) is 5.56 Å². The molecule has 0 aliphatic heterocycles. The van der Waals surface area contributed by atoms with Crippen LogP contribution in [-0.2, 0) is 6.54 Å². The molecule has 3 nitrogen and oxygen atoms in total. The van der Waals surface area contributed by atoms with E-state index in [4.69, 9.17) is 22.1 Å². The Hall–Kier alpha value is -1.65. The fourth-order valence-electron chi connectivity index (χ4n) is 1.48. The number of aromatic nitrogens is 1. The van der Waals surface area contributed by atoms with Crippen LogP contribution in [0.15, 0.2) is 30.5 Å². The Morgan fingerprint density at radius 1 is 1.39 bits per heavy atom. The lowest BCUT2D eigenvalue weighted by atomic mass is 10.2. The van der Waals surface area contributed by atoms with Crippen molar-refractivity contribution < 1.29 is 9.13 Å². The summed E-state index contributed by atoms with van der Waals surface area (Å²) in [6.45, 7) is 1.97. The average molecular weight is 267 g/mol. The molecule has 0 saturated carbocycles. The summed E-state index contributed by atoms with van der Waals surface area (Å²) in [6, 6.07) is 6.17. The van der Waals surface area contributed by atoms with Gasteiger partial charge in [-0.25, -0.2) is 9.37 Å². The van der Waals surface area contributed by atoms with E-state index in [-0.39, 0.29) is 11.7 Å². The molecule has 0 saturated heterocycles. The maximum atomic E-state index is 13.1. The lowest BCUT2D eigenvalue weighted by Gasteiger charge is -2.09. The zero-order valence-electron chi connectivity index (χ0n) is 9.78. The molecule has 2 N–H and O–H groups in total. The van der Waals surface area contributed by atoms with Gasteiger partial charge in [-0.2, -0.15) is 0 Å². The molecule has 0 radical (unpaired) electrons. The number of halogens is 2. The first kappa shape index (κ1) is 12.8. The van der Waals surface area contributed by atoms with Crippen molar-refractivity contribution in [1.29, 1.82) is 0 Å². The maximum absolute atomic E-state index is 13.1. The van der Waals surface area contributed by atoms with Crippen molar-refractivity contribution in [2.24, 2.45) is 5.73 Å². The fraction of sp³-hybridized carbons (Fsp3) is 0.154. The smallest absolute Gasteiger partial charge is 0.238 e. The molecule has 2 rings (SSSR count). The number of nitrogens with two attached hydrogens (primary N) is 1. The fourth-order valence-corrected chi connectivity index (χ4v) is 1.71. The molecule has 0 bridgehead atoms. The summed E-state index contributed by atoms with van der Waals surface area (Å²) in [5.74, 6) is 0.472. The SMILES string of the molecule is Cc1cc(Oc2nccc(CN)c2Cl)ccc1F. The van der Waals surface area contributed by atoms with E-state index < -0.39 is 0 Å². The van der Waals surface area contributed by atoms with Gasteiger partial charge in [-0.1, -0.05) is 11.6 Å². The Bertz CT molecular complexity index is 575. The molecule has 0 fully saturated rings. The van der Waals surface area contributed by atoms with Crippen molar-refractivity contribution in [3.05, 3.63) is 52.4 Å². The monoisotopic (exact) mass is 266 g/mol. The second-order valence-corrected chi connectivity index (χ2v) is 4.18. The van der Waals surface area contributed by atoms with Crippen LogP contribution in [0.25, 0.3) is 0 Å². The van der Waals surface area contributed by atoms with Crippen molar-refractivity contribution >= 4 is 11.6 Å². The van der Waals surface area contributed by atoms with E-state index in [0.29, 0.717) is 22.9 Å². The number of hydrogen-bond donors (Lipinski definition) is 1. The first-order chi connectivity index (χ1) is 8.61. The van der Waals surface area contributed by atoms with E-state index in [9.17, 15) is 4.39 Å². The minimum Gasteiger partial charge on any atom is -0.438 e. The van der Waals surface area contributed by atoms with Gasteiger partial charge in [0.25, 0.3) is 0 Å². The van der Waals surface area contributed by atoms with Crippen molar-refractivity contribution in [3.63, 3.8) is 0 Å². The summed E-state index contributed by atoms with van der Waals surface area (Å²) in [5, 5.41) is 0.377. The number of hydrogen-bond acceptors (Lipinski definition) is 3. The van der Waals surface area contributed by atoms with Crippen molar-refractivity contribution in [2.75, 3.05) is 0 Å². The largest absolute Gasteiger partial charge is 0.438 e. The Kier molecular flexibility index (Phi) is 3.79. The number of ether oxygens (including phenoxy) is 1. The van der Waals surface area contributed by atoms with Crippen LogP contribution in [0.4, 0.5) is 4.39 Å². The minimum absolute atomic E-state index is 0.269. The van der Waals surface area contributed by atoms with Gasteiger partial charge in [-0.3, -0.25) is 0 Å². The summed E-state index contributed by atoms with van der Waals surface area (Å²) >= 11 is 6.09. The van der Waals surface area contributed by atoms with Gasteiger partial charge in [0.2, 0.25) is 5.88 Å². The lowest BCUT2D eigenvalue weighted by Crippen LogP contribution is -1.99. The first-order valence-electron chi connectivity index (χ1n) is 5.39. The molecular weight excluding hydrogens is 255 g/mol. The molecule has 0 aliphatic rings. The molecule has 5 heteroatoms. The normalized spacial score (nSPS) is 10.4. The predicted molar refractivity (Wildman–Crippen MR) is 68.3 cm³/mol. The summed E-state index contributed by atoms with van der Waals surface area (Å²) < 4.78 is 18.6. The predicted octanol–water partition coefficient (Wildman–Crippen LogP) is 3.43. The third-order valence-electron chi connectivity index (χ3n) is 2.50. The summed E-state index contributed by atoms with van der Waals surface area (Å²) in [7, 11) is 0. The number of aryl methyl sites for hydroxylation is 1. The van der Waals surface area contributed by atoms with Gasteiger partial charge in [0.1, 0.15) is 16.6 Å². The lowest BCUT2D eigenvalue weighted by molar-refractivity contribution is 0.460. The van der Waals surface area contributed by atoms with Crippen LogP contribution in [0.3, 0.4) is 0 Å². The zero-order valence-corrected chi connectivity index (χ0v) is 10.5. The first-order valence-corrected chi connectivity index (χ1v) is 5.77. The molecule has 0 aliphatic carbocycles. The van der Waals surface area contributed by atoms with Crippen LogP contribution in [0.1, 0.15) is 11.1 Å². The van der Waals surface area contributed by atoms with Crippen LogP contribution >= 0.6 is 11.6 Å². The van der Waals surface area contributed by atoms with Crippen molar-refractivity contribution in [2.45, 2.75) is 13.5 Å². The van der Waals surface area contributed by atoms with Crippen LogP contribution in [0.5, 0.6) is 11.6 Å². The van der Waals surface area contributed by atoms with E-state index in [1.807, 2.05) is 0 Å². The molecule has 0 amide bonds. The molecule has 1 heterocycles. The van der Waals surface area contributed by atoms with Crippen LogP contribution < -0.4 is 10.5 Å². The summed E-state index contributed by atoms with van der Waals surface area (Å²) in [4.78, 5) is 4.03. The molecule has 0 unspecified atom stereocenters. The molecule has 0 atom stereocenters. The highest BCUT2D eigenvalue weighted by Gasteiger charge is 2.09. The molecular formula is C13H12ClFN2O. The zero-order chi connectivity index (χ0) is 13.1. The van der Waals surface area contributed by atoms with Crippen LogP contribution in [-0.4, -0.2) is 4.98 Å². The topological polar surface area (TPSA) is 48.1 Å². The molecule has 1 aromatic carbocycles. The molecule has 94 valence electrons. The van der Waals surface area contributed by atoms with Gasteiger partial charge < -0.3 is 10.5 Å². The quantitative estimate of drug-likeness (QED) is 0.926. The van der Waals surface area contributed by atoms with E-state index >= 15 is 0 Å². The Morgan fingerprint density at radius 3 is 2.83 bits per heavy atom. The molecule has 2 aromatic rings. The Balaban J connectivity index is 2.31. The molecule has 1 aromatic heterocycles. The van der Waals surface area contributed by atoms with E-state index in [1.165, 1.54) is 12.1 Å². The second kappa shape index (κ2) is 5.33. The van der Waals surface area contributed by atoms with E-state index in [1.54, 1.807) is 25.3 Å². The highest BCUT2D eigenvalue weighted by Crippen LogP contribution is 2.30. The van der Waals surface area contributed by atoms with Gasteiger partial charge in [-0.05, 0) is 42.3 Å². The number of pyridine rings is 1. The third-order valence-corrected chi connectivity index (χ3v) is 2.91. The average Bonchev–Trinajstić information content (AvgIpc) is 2.36. The second-order valence-electron chi connectivity index (χ2n) is 3.81. The Morgan fingerprint density at radius 2 is 2.17 bits per heavy atom. The van der Waals surface area contributed by atoms with Crippen molar-refractivity contribution in [1.82, 2.24) is 4.98 Å². The van der Waals surface area contributed by atoms with Gasteiger partial charge in [0.05, 0.1) is 0 Å². The number of nitrogens with zero attached hydrogens (tertiary/aromatic N) is 1. The van der Waals surface area contributed by atoms with Crippen molar-refractivity contribution in [3.8, 4) is 11.6 Å². The van der Waals surface area contributed by atoms with E-state index in [2.05, 4.69) is 4.98 Å². The van der Waals surface area contributed by atoms with Gasteiger partial charge >= 0.3 is 0 Å². The van der Waals surface area contributed by atoms with Gasteiger partial charge in [0.15, 0.2) is 0 Å². The molecule has 18 heavy (non-hydrogen) atoms. The number of benzene rings is 1. The van der Waals surface area contributed by atoms with Crippen LogP contribution in [0.2, 0.25) is 5.02 Å². The Labute approximate surface area is 109 Å². The highest BCUT2D eigenvalue weighted by molar-refractivity contribution is 6.32. The number of rotatable bonds is 3. The van der Waals surface area contributed by atoms with Gasteiger partial charge in [-0.15, -0.1) is 0 Å². The van der Waals surface area contributed by atoms with Gasteiger partial charge in [0, 0.05) is 12.7 Å². The van der Waals surface area contributed by atoms with Crippen LogP contribution in [0, 0.1) is 12.7 Å². The highest BCUT2D eigenvalue weighted by atomic mass is 35.5.